The molecule has 0 radical (unpaired) electrons. The van der Waals surface area contributed by atoms with E-state index in [-0.39, 0.29) is 52.9 Å². The number of pyridine rings is 1. The third-order valence-electron chi connectivity index (χ3n) is 9.05. The number of halogens is 3. The second-order valence-electron chi connectivity index (χ2n) is 12.2. The molecule has 43 heavy (non-hydrogen) atoms. The molecule has 9 nitrogen and oxygen atoms in total. The van der Waals surface area contributed by atoms with Crippen molar-refractivity contribution in [2.75, 3.05) is 24.2 Å². The van der Waals surface area contributed by atoms with Crippen LogP contribution >= 0.6 is 22.4 Å². The summed E-state index contributed by atoms with van der Waals surface area (Å²) in [6.45, 7) is 5.01. The summed E-state index contributed by atoms with van der Waals surface area (Å²) in [6.07, 6.45) is 5.94. The first-order valence-electron chi connectivity index (χ1n) is 15.0. The summed E-state index contributed by atoms with van der Waals surface area (Å²) in [5.41, 5.74) is 7.68. The van der Waals surface area contributed by atoms with E-state index < -0.39 is 40.3 Å². The quantitative estimate of drug-likeness (QED) is 0.262. The van der Waals surface area contributed by atoms with Gasteiger partial charge in [-0.1, -0.05) is 17.7 Å². The fourth-order valence-electron chi connectivity index (χ4n) is 7.03. The number of anilines is 1. The highest BCUT2D eigenvalue weighted by molar-refractivity contribution is 8.22. The van der Waals surface area contributed by atoms with Gasteiger partial charge in [-0.05, 0) is 76.0 Å². The predicted molar refractivity (Wildman–Crippen MR) is 165 cm³/mol. The number of hydrogen-bond donors (Lipinski definition) is 5. The first kappa shape index (κ1) is 32.5. The largest absolute Gasteiger partial charge is 0.376 e. The zero-order valence-electron chi connectivity index (χ0n) is 24.5. The molecule has 1 aromatic heterocycles. The van der Waals surface area contributed by atoms with Gasteiger partial charge in [0.15, 0.2) is 0 Å². The molecule has 8 atom stereocenters. The van der Waals surface area contributed by atoms with Gasteiger partial charge in [0, 0.05) is 36.7 Å². The number of amides is 1. The van der Waals surface area contributed by atoms with Crippen molar-refractivity contribution in [1.82, 2.24) is 14.6 Å². The summed E-state index contributed by atoms with van der Waals surface area (Å²) < 4.78 is 59.0. The van der Waals surface area contributed by atoms with Crippen LogP contribution in [0, 0.1) is 17.6 Å². The molecule has 2 bridgehead atoms. The van der Waals surface area contributed by atoms with E-state index in [4.69, 9.17) is 22.1 Å². The number of piperazine rings is 1. The third-order valence-corrected chi connectivity index (χ3v) is 11.4. The van der Waals surface area contributed by atoms with E-state index in [1.165, 1.54) is 18.3 Å². The monoisotopic (exact) mass is 641 g/mol. The number of hydrogen-bond acceptors (Lipinski definition) is 8. The summed E-state index contributed by atoms with van der Waals surface area (Å²) in [5, 5.41) is 6.26. The first-order chi connectivity index (χ1) is 20.4. The molecule has 2 aromatic rings. The first-order valence-corrected chi connectivity index (χ1v) is 17.0. The lowest BCUT2D eigenvalue weighted by Gasteiger charge is -2.49. The van der Waals surface area contributed by atoms with Crippen molar-refractivity contribution in [3.8, 4) is 0 Å². The molecule has 13 heteroatoms. The topological polar surface area (TPSA) is 133 Å². The number of ether oxygens (including phenoxy) is 1. The van der Waals surface area contributed by atoms with E-state index in [1.807, 2.05) is 13.8 Å². The average molecular weight is 642 g/mol. The summed E-state index contributed by atoms with van der Waals surface area (Å²) in [6, 6.07) is 3.40. The molecule has 238 valence electrons. The molecule has 3 aliphatic heterocycles. The zero-order valence-corrected chi connectivity index (χ0v) is 26.1. The van der Waals surface area contributed by atoms with E-state index >= 15 is 4.39 Å². The summed E-state index contributed by atoms with van der Waals surface area (Å²) in [5.74, 6) is -1.98. The summed E-state index contributed by atoms with van der Waals surface area (Å²) >= 11 is 5.96. The molecule has 2 unspecified atom stereocenters. The molecule has 1 amide bonds. The Morgan fingerprint density at radius 1 is 1.26 bits per heavy atom. The SMILES string of the molecule is C[C@@H]1CC([C@H](c2ccc(Cl)c(F)c2)[C@H](N)C(=O)Nc2cncc(F)c2CC[C@H]2CN[C@@H]3CCCS(O)(O)N2C3)C[C@H](C)O1. The lowest BCUT2D eigenvalue weighted by molar-refractivity contribution is -0.119. The van der Waals surface area contributed by atoms with E-state index in [0.717, 1.165) is 19.0 Å². The Hall–Kier alpha value is -1.90. The predicted octanol–water partition coefficient (Wildman–Crippen LogP) is 5.30. The summed E-state index contributed by atoms with van der Waals surface area (Å²) in [7, 11) is -2.90. The Morgan fingerprint density at radius 3 is 2.72 bits per heavy atom. The van der Waals surface area contributed by atoms with Crippen molar-refractivity contribution in [1.29, 1.82) is 0 Å². The van der Waals surface area contributed by atoms with Crippen molar-refractivity contribution in [3.63, 3.8) is 0 Å². The molecule has 1 aromatic carbocycles. The van der Waals surface area contributed by atoms with Gasteiger partial charge in [0.1, 0.15) is 11.6 Å². The second-order valence-corrected chi connectivity index (χ2v) is 14.8. The zero-order chi connectivity index (χ0) is 30.9. The number of nitrogens with two attached hydrogens (primary N) is 1. The number of carbonyl (C=O) groups is 1. The van der Waals surface area contributed by atoms with E-state index in [1.54, 1.807) is 10.4 Å². The second kappa shape index (κ2) is 13.6. The lowest BCUT2D eigenvalue weighted by atomic mass is 9.74. The van der Waals surface area contributed by atoms with Crippen molar-refractivity contribution in [2.24, 2.45) is 11.7 Å². The van der Waals surface area contributed by atoms with Crippen LogP contribution in [0.4, 0.5) is 14.5 Å². The minimum absolute atomic E-state index is 0.0187. The van der Waals surface area contributed by atoms with Gasteiger partial charge in [-0.25, -0.2) is 13.1 Å². The maximum absolute atomic E-state index is 15.2. The standard InChI is InChI=1S/C30H42ClF2N5O4S/c1-17-10-20(11-18(2)42-17)28(19-5-8-24(31)25(32)12-19)29(34)30(39)37-27-15-35-14-26(33)23(27)7-6-22-13-36-21-4-3-9-43(40,41)38(22)16-21/h5,8,12,14-15,17-18,20-22,28-29,36,40-41H,3-4,6-7,9-11,13,16,34H2,1-2H3,(H,37,39)/t17-,18+,20?,21-,22+,28+,29+/m1/s1. The highest BCUT2D eigenvalue weighted by Gasteiger charge is 2.40. The molecule has 0 spiro atoms. The van der Waals surface area contributed by atoms with Crippen LogP contribution in [0.1, 0.15) is 63.0 Å². The number of rotatable bonds is 8. The van der Waals surface area contributed by atoms with Crippen LogP contribution in [0.5, 0.6) is 0 Å². The van der Waals surface area contributed by atoms with Gasteiger partial charge < -0.3 is 21.1 Å². The summed E-state index contributed by atoms with van der Waals surface area (Å²) in [4.78, 5) is 17.7. The lowest BCUT2D eigenvalue weighted by Crippen LogP contribution is -2.55. The van der Waals surface area contributed by atoms with Gasteiger partial charge in [0.05, 0.1) is 47.1 Å². The molecule has 5 rings (SSSR count). The Bertz CT molecular complexity index is 1300. The van der Waals surface area contributed by atoms with E-state index in [2.05, 4.69) is 15.6 Å². The van der Waals surface area contributed by atoms with Gasteiger partial charge in [0.2, 0.25) is 5.91 Å². The molecule has 6 N–H and O–H groups in total. The van der Waals surface area contributed by atoms with E-state index in [9.17, 15) is 18.3 Å². The highest BCUT2D eigenvalue weighted by atomic mass is 35.5. The van der Waals surface area contributed by atoms with Crippen LogP contribution in [0.25, 0.3) is 0 Å². The Kier molecular flexibility index (Phi) is 10.3. The number of nitrogens with zero attached hydrogens (tertiary/aromatic N) is 2. The van der Waals surface area contributed by atoms with Crippen molar-refractivity contribution < 1.29 is 27.4 Å². The maximum Gasteiger partial charge on any atom is 0.241 e. The molecule has 3 aliphatic rings. The van der Waals surface area contributed by atoms with Crippen LogP contribution in [-0.4, -0.2) is 73.5 Å². The van der Waals surface area contributed by atoms with E-state index in [0.29, 0.717) is 43.7 Å². The molecule has 4 heterocycles. The number of nitrogens with one attached hydrogen (secondary N) is 2. The Balaban J connectivity index is 1.35. The molecule has 3 saturated heterocycles. The fourth-order valence-corrected chi connectivity index (χ4v) is 9.01. The normalized spacial score (nSPS) is 31.0. The third kappa shape index (κ3) is 7.50. The Morgan fingerprint density at radius 2 is 2.00 bits per heavy atom. The molecular weight excluding hydrogens is 600 g/mol. The van der Waals surface area contributed by atoms with Gasteiger partial charge in [-0.2, -0.15) is 0 Å². The van der Waals surface area contributed by atoms with Crippen LogP contribution in [0.15, 0.2) is 30.6 Å². The number of aromatic nitrogens is 1. The van der Waals surface area contributed by atoms with Crippen molar-refractivity contribution >= 4 is 34.0 Å². The number of benzene rings is 1. The van der Waals surface area contributed by atoms with Crippen molar-refractivity contribution in [2.45, 2.75) is 88.6 Å². The van der Waals surface area contributed by atoms with Gasteiger partial charge in [-0.3, -0.25) is 18.9 Å². The Labute approximate surface area is 258 Å². The van der Waals surface area contributed by atoms with Crippen LogP contribution in [0.3, 0.4) is 0 Å². The molecule has 3 fully saturated rings. The van der Waals surface area contributed by atoms with Crippen LogP contribution in [0.2, 0.25) is 5.02 Å². The molecular formula is C30H42ClF2N5O4S. The minimum atomic E-state index is -2.90. The number of fused-ring (bicyclic) bond motifs is 2. The van der Waals surface area contributed by atoms with Crippen LogP contribution < -0.4 is 16.4 Å². The molecule has 0 saturated carbocycles. The maximum atomic E-state index is 15.2. The minimum Gasteiger partial charge on any atom is -0.376 e. The van der Waals surface area contributed by atoms with Gasteiger partial charge >= 0.3 is 0 Å². The molecule has 0 aliphatic carbocycles. The van der Waals surface area contributed by atoms with Gasteiger partial charge in [0.25, 0.3) is 0 Å². The average Bonchev–Trinajstić information content (AvgIpc) is 3.06. The smallest absolute Gasteiger partial charge is 0.241 e. The number of carbonyl (C=O) groups excluding carboxylic acids is 1. The van der Waals surface area contributed by atoms with Crippen LogP contribution in [-0.2, 0) is 16.0 Å². The highest BCUT2D eigenvalue weighted by Crippen LogP contribution is 2.49. The fraction of sp³-hybridized carbons (Fsp3) is 0.600. The van der Waals surface area contributed by atoms with Gasteiger partial charge in [-0.15, -0.1) is 10.8 Å². The van der Waals surface area contributed by atoms with Crippen molar-refractivity contribution in [3.05, 3.63) is 58.4 Å².